The highest BCUT2D eigenvalue weighted by Gasteiger charge is 2.27. The van der Waals surface area contributed by atoms with Crippen molar-refractivity contribution in [3.8, 4) is 11.5 Å². The number of anilines is 2. The molecule has 31 heavy (non-hydrogen) atoms. The molecule has 11 nitrogen and oxygen atoms in total. The summed E-state index contributed by atoms with van der Waals surface area (Å²) in [6.07, 6.45) is -0.500. The number of methoxy groups -OCH3 is 2. The number of nitrogens with zero attached hydrogens (tertiary/aromatic N) is 4. The summed E-state index contributed by atoms with van der Waals surface area (Å²) in [6.45, 7) is 4.17. The minimum atomic E-state index is -0.500. The Labute approximate surface area is 177 Å². The minimum absolute atomic E-state index is 0.203. The summed E-state index contributed by atoms with van der Waals surface area (Å²) in [4.78, 5) is 41.6. The van der Waals surface area contributed by atoms with Crippen molar-refractivity contribution >= 4 is 28.9 Å². The van der Waals surface area contributed by atoms with Crippen molar-refractivity contribution in [2.75, 3.05) is 37.6 Å². The first-order valence-electron chi connectivity index (χ1n) is 9.62. The van der Waals surface area contributed by atoms with E-state index in [4.69, 9.17) is 14.2 Å². The number of amides is 1. The fourth-order valence-corrected chi connectivity index (χ4v) is 3.43. The Morgan fingerprint density at radius 3 is 2.68 bits per heavy atom. The van der Waals surface area contributed by atoms with Crippen LogP contribution in [-0.4, -0.2) is 53.4 Å². The van der Waals surface area contributed by atoms with E-state index in [1.165, 1.54) is 19.1 Å². The van der Waals surface area contributed by atoms with Crippen LogP contribution in [0.4, 0.5) is 16.7 Å². The molecule has 0 radical (unpaired) electrons. The van der Waals surface area contributed by atoms with Crippen molar-refractivity contribution in [1.82, 2.24) is 19.9 Å². The quantitative estimate of drug-likeness (QED) is 0.608. The molecule has 1 fully saturated rings. The second-order valence-electron chi connectivity index (χ2n) is 6.96. The molecule has 2 aromatic heterocycles. The molecule has 3 aromatic rings. The number of aromatic amines is 1. The molecule has 1 atom stereocenters. The number of nitrogens with one attached hydrogen (secondary N) is 2. The van der Waals surface area contributed by atoms with Gasteiger partial charge in [0.05, 0.1) is 32.3 Å². The van der Waals surface area contributed by atoms with E-state index in [-0.39, 0.29) is 24.1 Å². The molecule has 1 saturated heterocycles. The van der Waals surface area contributed by atoms with Crippen LogP contribution in [0.3, 0.4) is 0 Å². The van der Waals surface area contributed by atoms with E-state index < -0.39 is 12.1 Å². The van der Waals surface area contributed by atoms with Gasteiger partial charge in [-0.15, -0.1) is 0 Å². The molecule has 2 N–H and O–H groups in total. The third-order valence-corrected chi connectivity index (χ3v) is 4.94. The fourth-order valence-electron chi connectivity index (χ4n) is 3.43. The Kier molecular flexibility index (Phi) is 5.32. The summed E-state index contributed by atoms with van der Waals surface area (Å²) >= 11 is 0. The lowest BCUT2D eigenvalue weighted by Gasteiger charge is -2.17. The van der Waals surface area contributed by atoms with E-state index in [0.717, 1.165) is 5.39 Å². The molecule has 0 unspecified atom stereocenters. The molecule has 1 aliphatic heterocycles. The second-order valence-corrected chi connectivity index (χ2v) is 6.96. The van der Waals surface area contributed by atoms with E-state index in [9.17, 15) is 9.59 Å². The van der Waals surface area contributed by atoms with Gasteiger partial charge in [-0.3, -0.25) is 4.79 Å². The summed E-state index contributed by atoms with van der Waals surface area (Å²) < 4.78 is 15.6. The van der Waals surface area contributed by atoms with Crippen LogP contribution in [0.5, 0.6) is 11.5 Å². The number of rotatable bonds is 6. The number of carbonyl (C=O) groups excluding carboxylic acids is 1. The summed E-state index contributed by atoms with van der Waals surface area (Å²) in [6, 6.07) is 4.97. The first kappa shape index (κ1) is 20.4. The second kappa shape index (κ2) is 8.09. The van der Waals surface area contributed by atoms with Crippen LogP contribution < -0.4 is 25.2 Å². The molecule has 0 aliphatic carbocycles. The van der Waals surface area contributed by atoms with E-state index in [1.807, 2.05) is 13.0 Å². The van der Waals surface area contributed by atoms with Gasteiger partial charge in [0, 0.05) is 10.9 Å². The number of hydrogen-bond acceptors (Lipinski definition) is 9. The van der Waals surface area contributed by atoms with E-state index >= 15 is 0 Å². The molecule has 162 valence electrons. The number of aromatic nitrogens is 4. The number of pyridine rings is 1. The monoisotopic (exact) mass is 426 g/mol. The highest BCUT2D eigenvalue weighted by Crippen LogP contribution is 2.34. The van der Waals surface area contributed by atoms with Gasteiger partial charge in [-0.25, -0.2) is 9.69 Å². The Hall–Kier alpha value is -3.89. The number of carbonyl (C=O) groups is 1. The SMILES string of the molecule is COc1ccc2cc([C@H](C)Nc3nc(C)nc(N4CCOC4=O)n3)c(=O)[nH]c2c1OC. The number of cyclic esters (lactones) is 1. The van der Waals surface area contributed by atoms with Crippen LogP contribution in [0, 0.1) is 6.92 Å². The molecule has 0 spiro atoms. The van der Waals surface area contributed by atoms with Crippen LogP contribution in [0.25, 0.3) is 10.9 Å². The van der Waals surface area contributed by atoms with Crippen LogP contribution in [0.15, 0.2) is 23.0 Å². The van der Waals surface area contributed by atoms with Gasteiger partial charge in [0.15, 0.2) is 11.5 Å². The average Bonchev–Trinajstić information content (AvgIpc) is 3.17. The Balaban J connectivity index is 1.67. The van der Waals surface area contributed by atoms with Crippen LogP contribution >= 0.6 is 0 Å². The third-order valence-electron chi connectivity index (χ3n) is 4.94. The topological polar surface area (TPSA) is 132 Å². The fraction of sp³-hybridized carbons (Fsp3) is 0.350. The number of ether oxygens (including phenoxy) is 3. The van der Waals surface area contributed by atoms with Gasteiger partial charge >= 0.3 is 6.09 Å². The van der Waals surface area contributed by atoms with Gasteiger partial charge in [0.2, 0.25) is 11.9 Å². The Bertz CT molecular complexity index is 1210. The zero-order valence-electron chi connectivity index (χ0n) is 17.6. The van der Waals surface area contributed by atoms with Crippen molar-refractivity contribution in [2.45, 2.75) is 19.9 Å². The summed E-state index contributed by atoms with van der Waals surface area (Å²) in [7, 11) is 3.06. The molecular formula is C20H22N6O5. The lowest BCUT2D eigenvalue weighted by atomic mass is 10.1. The van der Waals surface area contributed by atoms with Crippen molar-refractivity contribution in [3.63, 3.8) is 0 Å². The van der Waals surface area contributed by atoms with Crippen LogP contribution in [0.1, 0.15) is 24.4 Å². The summed E-state index contributed by atoms with van der Waals surface area (Å²) in [5.41, 5.74) is 0.752. The Morgan fingerprint density at radius 2 is 2.00 bits per heavy atom. The maximum absolute atomic E-state index is 12.8. The predicted molar refractivity (Wildman–Crippen MR) is 113 cm³/mol. The summed E-state index contributed by atoms with van der Waals surface area (Å²) in [5.74, 6) is 1.87. The number of benzene rings is 1. The van der Waals surface area contributed by atoms with E-state index in [2.05, 4.69) is 25.3 Å². The highest BCUT2D eigenvalue weighted by atomic mass is 16.6. The highest BCUT2D eigenvalue weighted by molar-refractivity contribution is 5.88. The van der Waals surface area contributed by atoms with Gasteiger partial charge < -0.3 is 24.5 Å². The van der Waals surface area contributed by atoms with E-state index in [1.54, 1.807) is 19.1 Å². The first-order chi connectivity index (χ1) is 14.9. The lowest BCUT2D eigenvalue weighted by Crippen LogP contribution is -2.27. The van der Waals surface area contributed by atoms with Gasteiger partial charge in [0.1, 0.15) is 12.4 Å². The summed E-state index contributed by atoms with van der Waals surface area (Å²) in [5, 5.41) is 3.90. The van der Waals surface area contributed by atoms with Gasteiger partial charge in [-0.2, -0.15) is 15.0 Å². The van der Waals surface area contributed by atoms with Crippen molar-refractivity contribution in [2.24, 2.45) is 0 Å². The lowest BCUT2D eigenvalue weighted by molar-refractivity contribution is 0.181. The van der Waals surface area contributed by atoms with Crippen LogP contribution in [0.2, 0.25) is 0 Å². The maximum atomic E-state index is 12.8. The molecule has 1 aromatic carbocycles. The smallest absolute Gasteiger partial charge is 0.416 e. The van der Waals surface area contributed by atoms with Crippen LogP contribution in [-0.2, 0) is 4.74 Å². The van der Waals surface area contributed by atoms with Crippen molar-refractivity contribution < 1.29 is 19.0 Å². The number of fused-ring (bicyclic) bond motifs is 1. The molecule has 3 heterocycles. The van der Waals surface area contributed by atoms with Gasteiger partial charge in [0.25, 0.3) is 5.56 Å². The number of H-pyrrole nitrogens is 1. The van der Waals surface area contributed by atoms with Crippen molar-refractivity contribution in [1.29, 1.82) is 0 Å². The van der Waals surface area contributed by atoms with E-state index in [0.29, 0.717) is 34.9 Å². The standard InChI is InChI=1S/C20H22N6O5/c1-10(21-18-22-11(2)23-19(25-18)26-7-8-31-20(26)28)13-9-12-5-6-14(29-3)16(30-4)15(12)24-17(13)27/h5-6,9-10H,7-8H2,1-4H3,(H,24,27)(H,21,22,23,25)/t10-/m0/s1. The predicted octanol–water partition coefficient (Wildman–Crippen LogP) is 2.17. The molecule has 11 heteroatoms. The van der Waals surface area contributed by atoms with Crippen molar-refractivity contribution in [3.05, 3.63) is 39.9 Å². The third kappa shape index (κ3) is 3.81. The number of aryl methyl sites for hydroxylation is 1. The minimum Gasteiger partial charge on any atom is -0.493 e. The van der Waals surface area contributed by atoms with Gasteiger partial charge in [-0.05, 0) is 32.0 Å². The number of hydrogen-bond donors (Lipinski definition) is 2. The molecular weight excluding hydrogens is 404 g/mol. The molecule has 4 rings (SSSR count). The average molecular weight is 426 g/mol. The Morgan fingerprint density at radius 1 is 1.19 bits per heavy atom. The van der Waals surface area contributed by atoms with Gasteiger partial charge in [-0.1, -0.05) is 0 Å². The zero-order valence-corrected chi connectivity index (χ0v) is 17.6. The normalized spacial score (nSPS) is 14.5. The first-order valence-corrected chi connectivity index (χ1v) is 9.62. The molecule has 1 aliphatic rings. The molecule has 0 saturated carbocycles. The zero-order chi connectivity index (χ0) is 22.1. The molecule has 0 bridgehead atoms. The maximum Gasteiger partial charge on any atom is 0.416 e. The molecule has 1 amide bonds. The largest absolute Gasteiger partial charge is 0.493 e.